The van der Waals surface area contributed by atoms with Gasteiger partial charge >= 0.3 is 12.0 Å². The van der Waals surface area contributed by atoms with E-state index < -0.39 is 24.1 Å². The summed E-state index contributed by atoms with van der Waals surface area (Å²) >= 11 is 0. The molecule has 2 amide bonds. The van der Waals surface area contributed by atoms with Gasteiger partial charge in [-0.15, -0.1) is 0 Å². The fourth-order valence-electron chi connectivity index (χ4n) is 1.93. The maximum Gasteiger partial charge on any atom is 0.328 e. The molecule has 0 spiro atoms. The van der Waals surface area contributed by atoms with E-state index in [1.807, 2.05) is 0 Å². The molecule has 0 aromatic heterocycles. The van der Waals surface area contributed by atoms with Crippen LogP contribution in [0.5, 0.6) is 0 Å². The molecule has 104 valence electrons. The second-order valence-corrected chi connectivity index (χ2v) is 5.66. The van der Waals surface area contributed by atoms with Crippen molar-refractivity contribution in [1.82, 2.24) is 10.2 Å². The fourth-order valence-corrected chi connectivity index (χ4v) is 1.93. The van der Waals surface area contributed by atoms with Gasteiger partial charge in [0.1, 0.15) is 0 Å². The number of carboxylic acid groups (broad SMARTS) is 1. The van der Waals surface area contributed by atoms with Crippen molar-refractivity contribution in [3.63, 3.8) is 0 Å². The van der Waals surface area contributed by atoms with E-state index in [2.05, 4.69) is 19.2 Å². The summed E-state index contributed by atoms with van der Waals surface area (Å²) in [4.78, 5) is 24.3. The molecule has 6 heteroatoms. The lowest BCUT2D eigenvalue weighted by Gasteiger charge is -2.37. The van der Waals surface area contributed by atoms with Crippen LogP contribution in [0.25, 0.3) is 0 Å². The van der Waals surface area contributed by atoms with Gasteiger partial charge in [0.15, 0.2) is 6.04 Å². The number of carbonyl (C=O) groups is 2. The van der Waals surface area contributed by atoms with Crippen LogP contribution in [0.1, 0.15) is 33.6 Å². The Labute approximate surface area is 107 Å². The first-order valence-corrected chi connectivity index (χ1v) is 6.19. The van der Waals surface area contributed by atoms with Gasteiger partial charge in [-0.05, 0) is 25.2 Å². The standard InChI is InChI=1S/C12H22N2O4/c1-8(15)9(10(16)17)13-11(18)14-6-4-12(2,3)5-7-14/h8-9,15H,4-7H2,1-3H3,(H,13,18)(H,16,17). The van der Waals surface area contributed by atoms with Gasteiger partial charge in [-0.2, -0.15) is 0 Å². The Morgan fingerprint density at radius 3 is 2.17 bits per heavy atom. The lowest BCUT2D eigenvalue weighted by atomic mass is 9.83. The van der Waals surface area contributed by atoms with Gasteiger partial charge in [-0.25, -0.2) is 9.59 Å². The highest BCUT2D eigenvalue weighted by Crippen LogP contribution is 2.29. The topological polar surface area (TPSA) is 89.9 Å². The molecule has 0 aromatic carbocycles. The summed E-state index contributed by atoms with van der Waals surface area (Å²) in [6.45, 7) is 6.88. The monoisotopic (exact) mass is 258 g/mol. The number of hydrogen-bond acceptors (Lipinski definition) is 3. The minimum absolute atomic E-state index is 0.229. The Morgan fingerprint density at radius 2 is 1.78 bits per heavy atom. The first kappa shape index (κ1) is 14.8. The van der Waals surface area contributed by atoms with Crippen molar-refractivity contribution < 1.29 is 19.8 Å². The Morgan fingerprint density at radius 1 is 1.28 bits per heavy atom. The van der Waals surface area contributed by atoms with Crippen molar-refractivity contribution in [3.8, 4) is 0 Å². The molecule has 1 aliphatic heterocycles. The number of nitrogens with zero attached hydrogens (tertiary/aromatic N) is 1. The van der Waals surface area contributed by atoms with Gasteiger partial charge in [-0.1, -0.05) is 13.8 Å². The van der Waals surface area contributed by atoms with Crippen LogP contribution in [-0.4, -0.2) is 52.3 Å². The highest BCUT2D eigenvalue weighted by atomic mass is 16.4. The number of nitrogens with one attached hydrogen (secondary N) is 1. The average molecular weight is 258 g/mol. The maximum absolute atomic E-state index is 11.9. The number of hydrogen-bond donors (Lipinski definition) is 3. The molecule has 6 nitrogen and oxygen atoms in total. The zero-order valence-corrected chi connectivity index (χ0v) is 11.1. The van der Waals surface area contributed by atoms with E-state index in [1.54, 1.807) is 4.90 Å². The summed E-state index contributed by atoms with van der Waals surface area (Å²) in [7, 11) is 0. The molecule has 18 heavy (non-hydrogen) atoms. The second-order valence-electron chi connectivity index (χ2n) is 5.66. The molecule has 1 rings (SSSR count). The number of aliphatic carboxylic acids is 1. The van der Waals surface area contributed by atoms with E-state index >= 15 is 0 Å². The van der Waals surface area contributed by atoms with E-state index in [9.17, 15) is 14.7 Å². The van der Waals surface area contributed by atoms with Crippen molar-refractivity contribution in [2.45, 2.75) is 45.8 Å². The summed E-state index contributed by atoms with van der Waals surface area (Å²) in [5, 5.41) is 20.5. The van der Waals surface area contributed by atoms with Crippen LogP contribution in [0.4, 0.5) is 4.79 Å². The van der Waals surface area contributed by atoms with Crippen LogP contribution in [0.15, 0.2) is 0 Å². The van der Waals surface area contributed by atoms with Gasteiger partial charge in [0.25, 0.3) is 0 Å². The molecule has 0 aromatic rings. The lowest BCUT2D eigenvalue weighted by Crippen LogP contribution is -2.54. The van der Waals surface area contributed by atoms with Crippen LogP contribution >= 0.6 is 0 Å². The first-order chi connectivity index (χ1) is 8.23. The Hall–Kier alpha value is -1.30. The number of likely N-dealkylation sites (tertiary alicyclic amines) is 1. The molecule has 0 bridgehead atoms. The molecule has 2 unspecified atom stereocenters. The number of carbonyl (C=O) groups excluding carboxylic acids is 1. The highest BCUT2D eigenvalue weighted by molar-refractivity contribution is 5.83. The van der Waals surface area contributed by atoms with Crippen LogP contribution in [0, 0.1) is 5.41 Å². The second kappa shape index (κ2) is 5.56. The third-order valence-electron chi connectivity index (χ3n) is 3.43. The number of rotatable bonds is 3. The zero-order chi connectivity index (χ0) is 13.9. The van der Waals surface area contributed by atoms with Gasteiger partial charge in [0.2, 0.25) is 0 Å². The van der Waals surface area contributed by atoms with E-state index in [-0.39, 0.29) is 5.41 Å². The number of urea groups is 1. The van der Waals surface area contributed by atoms with Crippen LogP contribution in [0.2, 0.25) is 0 Å². The van der Waals surface area contributed by atoms with Crippen molar-refractivity contribution in [1.29, 1.82) is 0 Å². The third-order valence-corrected chi connectivity index (χ3v) is 3.43. The quantitative estimate of drug-likeness (QED) is 0.693. The smallest absolute Gasteiger partial charge is 0.328 e. The molecule has 3 N–H and O–H groups in total. The number of carboxylic acids is 1. The van der Waals surface area contributed by atoms with E-state index in [0.717, 1.165) is 12.8 Å². The highest BCUT2D eigenvalue weighted by Gasteiger charge is 2.31. The molecule has 1 heterocycles. The number of piperidine rings is 1. The molecule has 1 aliphatic rings. The maximum atomic E-state index is 11.9. The average Bonchev–Trinajstić information content (AvgIpc) is 2.24. The largest absolute Gasteiger partial charge is 0.480 e. The van der Waals surface area contributed by atoms with Crippen LogP contribution in [0.3, 0.4) is 0 Å². The Bertz CT molecular complexity index is 318. The third kappa shape index (κ3) is 3.87. The molecular weight excluding hydrogens is 236 g/mol. The van der Waals surface area contributed by atoms with E-state index in [0.29, 0.717) is 13.1 Å². The summed E-state index contributed by atoms with van der Waals surface area (Å²) in [5.41, 5.74) is 0.229. The minimum atomic E-state index is -1.26. The van der Waals surface area contributed by atoms with Gasteiger partial charge in [0.05, 0.1) is 6.10 Å². The zero-order valence-electron chi connectivity index (χ0n) is 11.1. The summed E-state index contributed by atoms with van der Waals surface area (Å²) < 4.78 is 0. The molecule has 1 saturated heterocycles. The van der Waals surface area contributed by atoms with E-state index in [4.69, 9.17) is 5.11 Å². The van der Waals surface area contributed by atoms with Gasteiger partial charge in [-0.3, -0.25) is 0 Å². The number of aliphatic hydroxyl groups is 1. The molecule has 0 saturated carbocycles. The lowest BCUT2D eigenvalue weighted by molar-refractivity contribution is -0.141. The number of amides is 2. The van der Waals surface area contributed by atoms with Gasteiger partial charge < -0.3 is 20.4 Å². The molecular formula is C12H22N2O4. The number of aliphatic hydroxyl groups excluding tert-OH is 1. The van der Waals surface area contributed by atoms with Crippen LogP contribution < -0.4 is 5.32 Å². The van der Waals surface area contributed by atoms with Crippen molar-refractivity contribution in [3.05, 3.63) is 0 Å². The molecule has 2 atom stereocenters. The summed E-state index contributed by atoms with van der Waals surface area (Å²) in [5.74, 6) is -1.23. The van der Waals surface area contributed by atoms with E-state index in [1.165, 1.54) is 6.92 Å². The molecule has 0 aliphatic carbocycles. The predicted octanol–water partition coefficient (Wildman–Crippen LogP) is 0.652. The SMILES string of the molecule is CC(O)C(NC(=O)N1CCC(C)(C)CC1)C(=O)O. The van der Waals surface area contributed by atoms with Crippen LogP contribution in [-0.2, 0) is 4.79 Å². The fraction of sp³-hybridized carbons (Fsp3) is 0.833. The Kier molecular flexibility index (Phi) is 4.56. The van der Waals surface area contributed by atoms with Crippen molar-refractivity contribution in [2.24, 2.45) is 5.41 Å². The van der Waals surface area contributed by atoms with Crippen molar-refractivity contribution >= 4 is 12.0 Å². The molecule has 0 radical (unpaired) electrons. The van der Waals surface area contributed by atoms with Gasteiger partial charge in [0, 0.05) is 13.1 Å². The summed E-state index contributed by atoms with van der Waals surface area (Å²) in [6.07, 6.45) is 0.673. The predicted molar refractivity (Wildman–Crippen MR) is 66.2 cm³/mol. The molecule has 1 fully saturated rings. The van der Waals surface area contributed by atoms with Crippen molar-refractivity contribution in [2.75, 3.05) is 13.1 Å². The minimum Gasteiger partial charge on any atom is -0.480 e. The first-order valence-electron chi connectivity index (χ1n) is 6.19. The Balaban J connectivity index is 2.53. The normalized spacial score (nSPS) is 22.1. The summed E-state index contributed by atoms with van der Waals surface area (Å²) in [6, 6.07) is -1.67.